The minimum absolute atomic E-state index is 0.0786. The third-order valence-corrected chi connectivity index (χ3v) is 8.40. The Labute approximate surface area is 281 Å². The summed E-state index contributed by atoms with van der Waals surface area (Å²) in [5.41, 5.74) is 3.41. The van der Waals surface area contributed by atoms with Gasteiger partial charge in [-0.25, -0.2) is 4.98 Å². The molecule has 4 aromatic carbocycles. The van der Waals surface area contributed by atoms with E-state index in [1.54, 1.807) is 61.7 Å². The van der Waals surface area contributed by atoms with Crippen LogP contribution in [0.3, 0.4) is 0 Å². The van der Waals surface area contributed by atoms with E-state index in [4.69, 9.17) is 9.47 Å². The SMILES string of the molecule is CCOc1ccc(/C=C(\NC(=O)c2ccccc2)C(=O)Nc2ccc(SCC(=O)Nc3nc(-c4cccc(OC)c4)cs3)cc2)cc1. The first-order chi connectivity index (χ1) is 22.9. The van der Waals surface area contributed by atoms with Crippen LogP contribution in [0.15, 0.2) is 119 Å². The molecule has 5 aromatic rings. The Morgan fingerprint density at radius 2 is 1.64 bits per heavy atom. The van der Waals surface area contributed by atoms with Crippen LogP contribution in [0.1, 0.15) is 22.8 Å². The molecule has 9 nitrogen and oxygen atoms in total. The average molecular weight is 665 g/mol. The zero-order valence-electron chi connectivity index (χ0n) is 25.7. The van der Waals surface area contributed by atoms with Crippen LogP contribution in [0, 0.1) is 0 Å². The van der Waals surface area contributed by atoms with Crippen molar-refractivity contribution in [2.24, 2.45) is 0 Å². The van der Waals surface area contributed by atoms with Crippen LogP contribution in [0.5, 0.6) is 11.5 Å². The van der Waals surface area contributed by atoms with Gasteiger partial charge in [0, 0.05) is 27.1 Å². The predicted octanol–water partition coefficient (Wildman–Crippen LogP) is 7.36. The second-order valence-corrected chi connectivity index (χ2v) is 11.9. The van der Waals surface area contributed by atoms with Gasteiger partial charge in [0.2, 0.25) is 5.91 Å². The van der Waals surface area contributed by atoms with Crippen molar-refractivity contribution in [1.82, 2.24) is 10.3 Å². The zero-order valence-corrected chi connectivity index (χ0v) is 27.3. The molecule has 0 bridgehead atoms. The molecule has 0 atom stereocenters. The summed E-state index contributed by atoms with van der Waals surface area (Å²) >= 11 is 2.71. The number of aromatic nitrogens is 1. The summed E-state index contributed by atoms with van der Waals surface area (Å²) in [6.45, 7) is 2.45. The lowest BCUT2D eigenvalue weighted by Crippen LogP contribution is -2.30. The molecule has 0 saturated carbocycles. The number of thioether (sulfide) groups is 1. The first-order valence-electron chi connectivity index (χ1n) is 14.6. The largest absolute Gasteiger partial charge is 0.497 e. The Hall–Kier alpha value is -5.39. The van der Waals surface area contributed by atoms with Gasteiger partial charge in [0.1, 0.15) is 17.2 Å². The van der Waals surface area contributed by atoms with E-state index < -0.39 is 11.8 Å². The van der Waals surface area contributed by atoms with Gasteiger partial charge in [-0.1, -0.05) is 42.5 Å². The fraction of sp³-hybridized carbons (Fsp3) is 0.111. The number of anilines is 2. The van der Waals surface area contributed by atoms with E-state index in [2.05, 4.69) is 20.9 Å². The number of rotatable bonds is 13. The van der Waals surface area contributed by atoms with Gasteiger partial charge in [-0.2, -0.15) is 0 Å². The van der Waals surface area contributed by atoms with Gasteiger partial charge in [0.25, 0.3) is 11.8 Å². The van der Waals surface area contributed by atoms with Crippen LogP contribution in [0.2, 0.25) is 0 Å². The van der Waals surface area contributed by atoms with E-state index in [1.807, 2.05) is 66.9 Å². The van der Waals surface area contributed by atoms with Gasteiger partial charge >= 0.3 is 0 Å². The molecule has 3 amide bonds. The molecule has 238 valence electrons. The van der Waals surface area contributed by atoms with E-state index in [1.165, 1.54) is 23.1 Å². The fourth-order valence-electron chi connectivity index (χ4n) is 4.32. The Morgan fingerprint density at radius 1 is 0.872 bits per heavy atom. The highest BCUT2D eigenvalue weighted by atomic mass is 32.2. The third kappa shape index (κ3) is 9.55. The lowest BCUT2D eigenvalue weighted by molar-refractivity contribution is -0.114. The number of hydrogen-bond acceptors (Lipinski definition) is 8. The molecule has 0 spiro atoms. The lowest BCUT2D eigenvalue weighted by Gasteiger charge is -2.12. The number of ether oxygens (including phenoxy) is 2. The molecule has 0 aliphatic heterocycles. The van der Waals surface area contributed by atoms with Gasteiger partial charge < -0.3 is 25.4 Å². The minimum Gasteiger partial charge on any atom is -0.497 e. The summed E-state index contributed by atoms with van der Waals surface area (Å²) in [6, 6.07) is 30.6. The molecule has 1 heterocycles. The van der Waals surface area contributed by atoms with Crippen molar-refractivity contribution in [1.29, 1.82) is 0 Å². The van der Waals surface area contributed by atoms with Gasteiger partial charge in [0.05, 0.1) is 25.2 Å². The Morgan fingerprint density at radius 3 is 2.36 bits per heavy atom. The molecule has 11 heteroatoms. The molecule has 0 radical (unpaired) electrons. The van der Waals surface area contributed by atoms with Crippen LogP contribution in [-0.4, -0.2) is 42.2 Å². The van der Waals surface area contributed by atoms with Gasteiger partial charge in [-0.3, -0.25) is 14.4 Å². The highest BCUT2D eigenvalue weighted by Gasteiger charge is 2.16. The predicted molar refractivity (Wildman–Crippen MR) is 188 cm³/mol. The van der Waals surface area contributed by atoms with Crippen molar-refractivity contribution >= 4 is 57.7 Å². The average Bonchev–Trinajstić information content (AvgIpc) is 3.57. The molecule has 0 unspecified atom stereocenters. The van der Waals surface area contributed by atoms with Crippen molar-refractivity contribution < 1.29 is 23.9 Å². The van der Waals surface area contributed by atoms with Crippen LogP contribution < -0.4 is 25.4 Å². The molecule has 0 saturated heterocycles. The number of benzene rings is 4. The fourth-order valence-corrected chi connectivity index (χ4v) is 5.75. The zero-order chi connectivity index (χ0) is 33.0. The van der Waals surface area contributed by atoms with E-state index in [-0.39, 0.29) is 17.4 Å². The number of hydrogen-bond donors (Lipinski definition) is 3. The highest BCUT2D eigenvalue weighted by molar-refractivity contribution is 8.00. The second-order valence-electron chi connectivity index (χ2n) is 9.97. The highest BCUT2D eigenvalue weighted by Crippen LogP contribution is 2.28. The maximum atomic E-state index is 13.4. The van der Waals surface area contributed by atoms with Crippen molar-refractivity contribution in [2.45, 2.75) is 11.8 Å². The first kappa shape index (κ1) is 33.0. The number of nitrogens with zero attached hydrogens (tertiary/aromatic N) is 1. The molecule has 0 aliphatic carbocycles. The first-order valence-corrected chi connectivity index (χ1v) is 16.5. The van der Waals surface area contributed by atoms with E-state index in [0.29, 0.717) is 34.3 Å². The van der Waals surface area contributed by atoms with Crippen molar-refractivity contribution in [3.8, 4) is 22.8 Å². The van der Waals surface area contributed by atoms with Gasteiger partial charge in [-0.05, 0) is 79.2 Å². The lowest BCUT2D eigenvalue weighted by atomic mass is 10.1. The normalized spacial score (nSPS) is 11.0. The number of amides is 3. The molecule has 3 N–H and O–H groups in total. The minimum atomic E-state index is -0.486. The molecular weight excluding hydrogens is 633 g/mol. The summed E-state index contributed by atoms with van der Waals surface area (Å²) < 4.78 is 10.8. The van der Waals surface area contributed by atoms with E-state index >= 15 is 0 Å². The molecule has 1 aromatic heterocycles. The maximum absolute atomic E-state index is 13.4. The van der Waals surface area contributed by atoms with Gasteiger partial charge in [-0.15, -0.1) is 23.1 Å². The number of carbonyl (C=O) groups excluding carboxylic acids is 3. The number of nitrogens with one attached hydrogen (secondary N) is 3. The van der Waals surface area contributed by atoms with Crippen LogP contribution >= 0.6 is 23.1 Å². The van der Waals surface area contributed by atoms with Gasteiger partial charge in [0.15, 0.2) is 5.13 Å². The quantitative estimate of drug-likeness (QED) is 0.0889. The molecule has 0 fully saturated rings. The number of methoxy groups -OCH3 is 1. The summed E-state index contributed by atoms with van der Waals surface area (Å²) in [4.78, 5) is 44.3. The maximum Gasteiger partial charge on any atom is 0.272 e. The Kier molecular flexibility index (Phi) is 11.4. The third-order valence-electron chi connectivity index (χ3n) is 6.63. The molecule has 0 aliphatic rings. The smallest absolute Gasteiger partial charge is 0.272 e. The Balaban J connectivity index is 1.19. The topological polar surface area (TPSA) is 119 Å². The summed E-state index contributed by atoms with van der Waals surface area (Å²) in [5.74, 6) is 0.550. The van der Waals surface area contributed by atoms with Crippen molar-refractivity contribution in [3.63, 3.8) is 0 Å². The van der Waals surface area contributed by atoms with Crippen LogP contribution in [-0.2, 0) is 9.59 Å². The molecule has 5 rings (SSSR count). The number of thiazole rings is 1. The second kappa shape index (κ2) is 16.3. The monoisotopic (exact) mass is 664 g/mol. The molecular formula is C36H32N4O5S2. The Bertz CT molecular complexity index is 1860. The summed E-state index contributed by atoms with van der Waals surface area (Å²) in [7, 11) is 1.61. The van der Waals surface area contributed by atoms with Crippen LogP contribution in [0.25, 0.3) is 17.3 Å². The van der Waals surface area contributed by atoms with E-state index in [0.717, 1.165) is 21.9 Å². The van der Waals surface area contributed by atoms with Crippen LogP contribution in [0.4, 0.5) is 10.8 Å². The molecule has 47 heavy (non-hydrogen) atoms. The number of carbonyl (C=O) groups is 3. The summed E-state index contributed by atoms with van der Waals surface area (Å²) in [5, 5.41) is 10.8. The van der Waals surface area contributed by atoms with Crippen molar-refractivity contribution in [3.05, 3.63) is 125 Å². The van der Waals surface area contributed by atoms with E-state index in [9.17, 15) is 14.4 Å². The summed E-state index contributed by atoms with van der Waals surface area (Å²) in [6.07, 6.45) is 1.61. The standard InChI is InChI=1S/C36H32N4O5S2/c1-3-45-28-16-12-24(13-17-28)20-31(38-34(42)25-8-5-4-6-9-25)35(43)37-27-14-18-30(19-15-27)46-23-33(41)40-36-39-32(22-47-36)26-10-7-11-29(21-26)44-2/h4-22H,3,23H2,1-2H3,(H,37,43)(H,38,42)(H,39,40,41)/b31-20-. The van der Waals surface area contributed by atoms with Crippen molar-refractivity contribution in [2.75, 3.05) is 30.1 Å².